The first-order valence-corrected chi connectivity index (χ1v) is 10.6. The second kappa shape index (κ2) is 12.0. The molecule has 0 bridgehead atoms. The van der Waals surface area contributed by atoms with Gasteiger partial charge in [0, 0.05) is 11.5 Å². The van der Waals surface area contributed by atoms with E-state index < -0.39 is 93.0 Å². The van der Waals surface area contributed by atoms with Crippen LogP contribution < -0.4 is 5.30 Å². The fourth-order valence-electron chi connectivity index (χ4n) is 2.69. The van der Waals surface area contributed by atoms with Crippen molar-refractivity contribution in [2.24, 2.45) is 0 Å². The summed E-state index contributed by atoms with van der Waals surface area (Å²) in [5, 5.41) is -0.702. The summed E-state index contributed by atoms with van der Waals surface area (Å²) in [5.74, 6) is -7.67. The van der Waals surface area contributed by atoms with Crippen molar-refractivity contribution in [3.8, 4) is 0 Å². The Morgan fingerprint density at radius 3 is 1.97 bits per heavy atom. The van der Waals surface area contributed by atoms with E-state index in [4.69, 9.17) is 0 Å². The second-order valence-electron chi connectivity index (χ2n) is 6.46. The van der Waals surface area contributed by atoms with E-state index in [1.165, 1.54) is 0 Å². The zero-order valence-electron chi connectivity index (χ0n) is 15.4. The lowest BCUT2D eigenvalue weighted by molar-refractivity contribution is 0.00363. The zero-order chi connectivity index (χ0) is 22.3. The number of benzene rings is 1. The molecule has 0 aromatic heterocycles. The molecule has 1 rings (SSSR count). The topological polar surface area (TPSA) is 0 Å². The number of hydrogen-bond donors (Lipinski definition) is 0. The van der Waals surface area contributed by atoms with Crippen molar-refractivity contribution in [2.45, 2.75) is 57.0 Å². The van der Waals surface area contributed by atoms with E-state index in [0.717, 1.165) is 0 Å². The Balaban J connectivity index is 2.96. The Morgan fingerprint density at radius 2 is 1.41 bits per heavy atom. The van der Waals surface area contributed by atoms with E-state index in [1.54, 1.807) is 6.92 Å². The molecule has 11 heteroatoms. The Kier molecular flexibility index (Phi) is 10.7. The van der Waals surface area contributed by atoms with Gasteiger partial charge in [0.2, 0.25) is 0 Å². The molecule has 0 amide bonds. The summed E-state index contributed by atoms with van der Waals surface area (Å²) in [6.07, 6.45) is -16.5. The summed E-state index contributed by atoms with van der Waals surface area (Å²) in [4.78, 5) is 0. The van der Waals surface area contributed by atoms with E-state index in [9.17, 15) is 43.9 Å². The molecule has 0 spiro atoms. The third-order valence-electron chi connectivity index (χ3n) is 4.23. The van der Waals surface area contributed by atoms with E-state index in [1.807, 2.05) is 0 Å². The molecule has 0 aliphatic heterocycles. The van der Waals surface area contributed by atoms with E-state index in [0.29, 0.717) is 6.07 Å². The first kappa shape index (κ1) is 26.0. The maximum atomic E-state index is 14.3. The van der Waals surface area contributed by atoms with Crippen LogP contribution in [0.2, 0.25) is 0 Å². The Morgan fingerprint density at radius 1 is 0.828 bits per heavy atom. The standard InChI is InChI=1S/C18H21F10P/c1-2-6-29(12-7-10(21)14(24)18(28)16(12)26)8-11(22)15(25)17(27)13(23)9(20)4-3-5-19/h7,9,11,13,15,17H,2-6,8H2,1H3. The van der Waals surface area contributed by atoms with Gasteiger partial charge in [-0.1, -0.05) is 21.3 Å². The maximum absolute atomic E-state index is 14.3. The Labute approximate surface area is 163 Å². The molecule has 0 saturated heterocycles. The minimum Gasteiger partial charge on any atom is -0.251 e. The van der Waals surface area contributed by atoms with Gasteiger partial charge in [0.15, 0.2) is 41.8 Å². The number of rotatable bonds is 12. The number of hydrogen-bond acceptors (Lipinski definition) is 0. The molecule has 0 heterocycles. The van der Waals surface area contributed by atoms with Gasteiger partial charge < -0.3 is 0 Å². The maximum Gasteiger partial charge on any atom is 0.198 e. The summed E-state index contributed by atoms with van der Waals surface area (Å²) in [7, 11) is -2.13. The van der Waals surface area contributed by atoms with Crippen LogP contribution >= 0.6 is 7.92 Å². The molecule has 0 nitrogen and oxygen atoms in total. The third kappa shape index (κ3) is 6.72. The lowest BCUT2D eigenvalue weighted by atomic mass is 10.0. The lowest BCUT2D eigenvalue weighted by Gasteiger charge is -2.26. The minimum atomic E-state index is -3.20. The zero-order valence-corrected chi connectivity index (χ0v) is 16.3. The van der Waals surface area contributed by atoms with Crippen molar-refractivity contribution in [1.29, 1.82) is 0 Å². The van der Waals surface area contributed by atoms with Gasteiger partial charge in [-0.3, -0.25) is 4.39 Å². The van der Waals surface area contributed by atoms with Gasteiger partial charge in [-0.15, -0.1) is 0 Å². The highest BCUT2D eigenvalue weighted by atomic mass is 31.1. The minimum absolute atomic E-state index is 0.0534. The van der Waals surface area contributed by atoms with Crippen LogP contribution in [0.4, 0.5) is 43.9 Å². The largest absolute Gasteiger partial charge is 0.251 e. The average Bonchev–Trinajstić information content (AvgIpc) is 2.70. The van der Waals surface area contributed by atoms with Gasteiger partial charge in [-0.2, -0.15) is 0 Å². The molecular weight excluding hydrogens is 437 g/mol. The smallest absolute Gasteiger partial charge is 0.198 e. The van der Waals surface area contributed by atoms with Crippen molar-refractivity contribution in [3.63, 3.8) is 0 Å². The van der Waals surface area contributed by atoms with Crippen LogP contribution in [0.15, 0.2) is 6.07 Å². The van der Waals surface area contributed by atoms with Gasteiger partial charge in [0.25, 0.3) is 0 Å². The van der Waals surface area contributed by atoms with Gasteiger partial charge in [0.1, 0.15) is 12.3 Å². The normalized spacial score (nSPS) is 18.2. The fourth-order valence-corrected chi connectivity index (χ4v) is 5.14. The lowest BCUT2D eigenvalue weighted by Crippen LogP contribution is -2.41. The van der Waals surface area contributed by atoms with Crippen LogP contribution in [-0.4, -0.2) is 49.9 Å². The molecule has 0 aliphatic carbocycles. The Bertz CT molecular complexity index is 644. The van der Waals surface area contributed by atoms with Crippen molar-refractivity contribution in [2.75, 3.05) is 19.0 Å². The first-order chi connectivity index (χ1) is 13.6. The van der Waals surface area contributed by atoms with Gasteiger partial charge in [-0.05, 0) is 25.1 Å². The third-order valence-corrected chi connectivity index (χ3v) is 7.01. The van der Waals surface area contributed by atoms with Crippen molar-refractivity contribution >= 4 is 13.2 Å². The molecule has 168 valence electrons. The molecule has 29 heavy (non-hydrogen) atoms. The van der Waals surface area contributed by atoms with Crippen LogP contribution in [0, 0.1) is 23.3 Å². The van der Waals surface area contributed by atoms with Crippen LogP contribution in [0.1, 0.15) is 26.2 Å². The summed E-state index contributed by atoms with van der Waals surface area (Å²) in [5.41, 5.74) is 0. The van der Waals surface area contributed by atoms with Crippen molar-refractivity contribution < 1.29 is 43.9 Å². The van der Waals surface area contributed by atoms with Crippen LogP contribution in [-0.2, 0) is 0 Å². The number of alkyl halides is 6. The van der Waals surface area contributed by atoms with Crippen LogP contribution in [0.3, 0.4) is 0 Å². The van der Waals surface area contributed by atoms with E-state index in [-0.39, 0.29) is 12.6 Å². The predicted octanol–water partition coefficient (Wildman–Crippen LogP) is 6.20. The van der Waals surface area contributed by atoms with E-state index in [2.05, 4.69) is 0 Å². The molecule has 0 saturated carbocycles. The van der Waals surface area contributed by atoms with Gasteiger partial charge >= 0.3 is 0 Å². The quantitative estimate of drug-likeness (QED) is 0.151. The SMILES string of the molecule is CCCP(CC(F)C(F)C(F)C(F)C(F)CCCF)c1cc(F)c(F)c(F)c1F. The monoisotopic (exact) mass is 458 g/mol. The highest BCUT2D eigenvalue weighted by Crippen LogP contribution is 2.40. The summed E-state index contributed by atoms with van der Waals surface area (Å²) in [6.45, 7) is 0.560. The summed E-state index contributed by atoms with van der Waals surface area (Å²) >= 11 is 0. The van der Waals surface area contributed by atoms with Crippen LogP contribution in [0.25, 0.3) is 0 Å². The first-order valence-electron chi connectivity index (χ1n) is 8.90. The molecule has 1 aromatic carbocycles. The highest BCUT2D eigenvalue weighted by molar-refractivity contribution is 7.65. The molecular formula is C18H21F10P. The molecule has 0 fully saturated rings. The van der Waals surface area contributed by atoms with Gasteiger partial charge in [0.05, 0.1) is 6.67 Å². The molecule has 6 unspecified atom stereocenters. The fraction of sp³-hybridized carbons (Fsp3) is 0.667. The average molecular weight is 458 g/mol. The molecule has 0 aliphatic rings. The summed E-state index contributed by atoms with van der Waals surface area (Å²) in [6, 6.07) is 0.328. The Hall–Kier alpha value is -1.05. The molecule has 1 aromatic rings. The van der Waals surface area contributed by atoms with Crippen molar-refractivity contribution in [1.82, 2.24) is 0 Å². The molecule has 0 radical (unpaired) electrons. The second-order valence-corrected chi connectivity index (χ2v) is 8.84. The van der Waals surface area contributed by atoms with E-state index >= 15 is 0 Å². The highest BCUT2D eigenvalue weighted by Gasteiger charge is 2.41. The van der Waals surface area contributed by atoms with Crippen molar-refractivity contribution in [3.05, 3.63) is 29.3 Å². The molecule has 0 N–H and O–H groups in total. The predicted molar refractivity (Wildman–Crippen MR) is 92.5 cm³/mol. The van der Waals surface area contributed by atoms with Gasteiger partial charge in [-0.25, -0.2) is 39.5 Å². The molecule has 6 atom stereocenters. The number of halogens is 10. The van der Waals surface area contributed by atoms with Crippen LogP contribution in [0.5, 0.6) is 0 Å². The summed E-state index contributed by atoms with van der Waals surface area (Å²) < 4.78 is 135.